The number of anilines is 1. The quantitative estimate of drug-likeness (QED) is 0.834. The molecule has 1 aliphatic heterocycles. The number of benzene rings is 2. The van der Waals surface area contributed by atoms with E-state index in [1.807, 2.05) is 13.8 Å². The first-order valence-corrected chi connectivity index (χ1v) is 9.42. The number of hydrogen-bond donors (Lipinski definition) is 2. The minimum Gasteiger partial charge on any atom is -0.313 e. The van der Waals surface area contributed by atoms with Gasteiger partial charge in [0.05, 0.1) is 10.6 Å². The van der Waals surface area contributed by atoms with Gasteiger partial charge in [-0.15, -0.1) is 0 Å². The van der Waals surface area contributed by atoms with Gasteiger partial charge in [-0.2, -0.15) is 0 Å². The Balaban J connectivity index is 2.04. The second-order valence-corrected chi connectivity index (χ2v) is 7.72. The molecule has 0 saturated heterocycles. The summed E-state index contributed by atoms with van der Waals surface area (Å²) in [6.07, 6.45) is 0. The summed E-state index contributed by atoms with van der Waals surface area (Å²) in [5.41, 5.74) is 1.29. The van der Waals surface area contributed by atoms with Crippen molar-refractivity contribution in [3.05, 3.63) is 35.9 Å². The summed E-state index contributed by atoms with van der Waals surface area (Å²) < 4.78 is 28.1. The van der Waals surface area contributed by atoms with Crippen molar-refractivity contribution in [1.29, 1.82) is 0 Å². The first kappa shape index (κ1) is 16.9. The molecular weight excluding hydrogens is 326 g/mol. The Hall–Kier alpha value is -1.96. The van der Waals surface area contributed by atoms with Gasteiger partial charge in [0, 0.05) is 36.0 Å². The second-order valence-electron chi connectivity index (χ2n) is 5.99. The molecular formula is C17H21N3O3S. The van der Waals surface area contributed by atoms with Gasteiger partial charge in [-0.25, -0.2) is 13.1 Å². The summed E-state index contributed by atoms with van der Waals surface area (Å²) in [7, 11) is -1.96. The molecule has 1 amide bonds. The molecule has 2 N–H and O–H groups in total. The number of rotatable bonds is 6. The molecule has 0 bridgehead atoms. The van der Waals surface area contributed by atoms with Gasteiger partial charge >= 0.3 is 0 Å². The van der Waals surface area contributed by atoms with Crippen molar-refractivity contribution in [2.75, 3.05) is 25.0 Å². The van der Waals surface area contributed by atoms with Gasteiger partial charge in [-0.05, 0) is 31.7 Å². The molecule has 0 aliphatic carbocycles. The van der Waals surface area contributed by atoms with Crippen molar-refractivity contribution in [1.82, 2.24) is 10.0 Å². The van der Waals surface area contributed by atoms with Gasteiger partial charge in [-0.3, -0.25) is 4.79 Å². The molecule has 1 atom stereocenters. The molecule has 24 heavy (non-hydrogen) atoms. The van der Waals surface area contributed by atoms with Crippen LogP contribution in [-0.4, -0.2) is 40.5 Å². The van der Waals surface area contributed by atoms with Gasteiger partial charge < -0.3 is 10.2 Å². The fourth-order valence-corrected chi connectivity index (χ4v) is 4.41. The molecule has 0 radical (unpaired) electrons. The maximum atomic E-state index is 12.7. The number of sulfonamides is 1. The third-order valence-electron chi connectivity index (χ3n) is 4.30. The Bertz CT molecular complexity index is 909. The van der Waals surface area contributed by atoms with Crippen LogP contribution in [0.15, 0.2) is 35.2 Å². The Morgan fingerprint density at radius 3 is 2.67 bits per heavy atom. The van der Waals surface area contributed by atoms with Crippen LogP contribution in [0.3, 0.4) is 0 Å². The van der Waals surface area contributed by atoms with Gasteiger partial charge in [0.15, 0.2) is 0 Å². The number of nitrogens with one attached hydrogen (secondary N) is 2. The highest BCUT2D eigenvalue weighted by Gasteiger charge is 2.29. The maximum Gasteiger partial charge on any atom is 0.258 e. The van der Waals surface area contributed by atoms with Crippen molar-refractivity contribution in [3.63, 3.8) is 0 Å². The summed E-state index contributed by atoms with van der Waals surface area (Å²) in [6, 6.07) is 8.50. The molecule has 6 nitrogen and oxygen atoms in total. The molecule has 3 rings (SSSR count). The van der Waals surface area contributed by atoms with Crippen molar-refractivity contribution in [3.8, 4) is 0 Å². The van der Waals surface area contributed by atoms with E-state index in [0.717, 1.165) is 12.2 Å². The van der Waals surface area contributed by atoms with E-state index in [1.54, 1.807) is 42.3 Å². The summed E-state index contributed by atoms with van der Waals surface area (Å²) in [6.45, 7) is 4.98. The summed E-state index contributed by atoms with van der Waals surface area (Å²) >= 11 is 0. The number of carbonyl (C=O) groups excluding carboxylic acids is 1. The predicted octanol–water partition coefficient (Wildman–Crippen LogP) is 1.71. The first-order chi connectivity index (χ1) is 11.4. The van der Waals surface area contributed by atoms with Crippen LogP contribution in [0, 0.1) is 0 Å². The van der Waals surface area contributed by atoms with E-state index in [0.29, 0.717) is 22.9 Å². The van der Waals surface area contributed by atoms with Crippen LogP contribution in [-0.2, 0) is 10.0 Å². The second kappa shape index (κ2) is 6.16. The highest BCUT2D eigenvalue weighted by molar-refractivity contribution is 7.89. The fraction of sp³-hybridized carbons (Fsp3) is 0.353. The zero-order valence-electron chi connectivity index (χ0n) is 14.0. The molecule has 7 heteroatoms. The molecule has 2 aromatic carbocycles. The third-order valence-corrected chi connectivity index (χ3v) is 5.78. The number of carbonyl (C=O) groups is 1. The molecule has 0 unspecified atom stereocenters. The normalized spacial score (nSPS) is 15.3. The van der Waals surface area contributed by atoms with E-state index < -0.39 is 10.0 Å². The SMILES string of the molecule is CCN[C@H](C)CNS(=O)(=O)c1ccc2c3c(cccc13)C(=O)N2C. The minimum absolute atomic E-state index is 0.0364. The molecule has 0 aromatic heterocycles. The largest absolute Gasteiger partial charge is 0.313 e. The monoisotopic (exact) mass is 347 g/mol. The average Bonchev–Trinajstić information content (AvgIpc) is 2.81. The number of likely N-dealkylation sites (N-methyl/N-ethyl adjacent to an activating group) is 1. The van der Waals surface area contributed by atoms with Gasteiger partial charge in [0.1, 0.15) is 0 Å². The summed E-state index contributed by atoms with van der Waals surface area (Å²) in [5, 5.41) is 4.45. The van der Waals surface area contributed by atoms with Crippen LogP contribution in [0.5, 0.6) is 0 Å². The molecule has 0 saturated carbocycles. The lowest BCUT2D eigenvalue weighted by Gasteiger charge is -2.15. The lowest BCUT2D eigenvalue weighted by molar-refractivity contribution is 0.0999. The lowest BCUT2D eigenvalue weighted by atomic mass is 10.1. The predicted molar refractivity (Wildman–Crippen MR) is 95.0 cm³/mol. The fourth-order valence-electron chi connectivity index (χ4n) is 3.08. The highest BCUT2D eigenvalue weighted by Crippen LogP contribution is 2.39. The van der Waals surface area contributed by atoms with Gasteiger partial charge in [0.2, 0.25) is 10.0 Å². The van der Waals surface area contributed by atoms with Gasteiger partial charge in [0.25, 0.3) is 5.91 Å². The Morgan fingerprint density at radius 1 is 1.21 bits per heavy atom. The minimum atomic E-state index is -3.66. The van der Waals surface area contributed by atoms with Crippen molar-refractivity contribution < 1.29 is 13.2 Å². The van der Waals surface area contributed by atoms with Crippen LogP contribution >= 0.6 is 0 Å². The van der Waals surface area contributed by atoms with Crippen LogP contribution in [0.1, 0.15) is 24.2 Å². The Kier molecular flexibility index (Phi) is 4.33. The molecule has 2 aromatic rings. The summed E-state index contributed by atoms with van der Waals surface area (Å²) in [4.78, 5) is 14.0. The summed E-state index contributed by atoms with van der Waals surface area (Å²) in [5.74, 6) is -0.112. The molecule has 1 heterocycles. The van der Waals surface area contributed by atoms with E-state index in [2.05, 4.69) is 10.0 Å². The Labute approximate surface area is 141 Å². The van der Waals surface area contributed by atoms with E-state index in [9.17, 15) is 13.2 Å². The smallest absolute Gasteiger partial charge is 0.258 e. The van der Waals surface area contributed by atoms with Crippen molar-refractivity contribution in [2.45, 2.75) is 24.8 Å². The maximum absolute atomic E-state index is 12.7. The standard InChI is InChI=1S/C17H21N3O3S/c1-4-18-11(2)10-19-24(22,23)15-9-8-14-16-12(15)6-5-7-13(16)17(21)20(14)3/h5-9,11,18-19H,4,10H2,1-3H3/t11-/m1/s1. The number of amides is 1. The molecule has 0 fully saturated rings. The zero-order valence-corrected chi connectivity index (χ0v) is 14.8. The molecule has 1 aliphatic rings. The average molecular weight is 347 g/mol. The third kappa shape index (κ3) is 2.68. The van der Waals surface area contributed by atoms with Crippen LogP contribution in [0.25, 0.3) is 10.8 Å². The highest BCUT2D eigenvalue weighted by atomic mass is 32.2. The van der Waals surface area contributed by atoms with Crippen molar-refractivity contribution in [2.24, 2.45) is 0 Å². The van der Waals surface area contributed by atoms with E-state index in [4.69, 9.17) is 0 Å². The van der Waals surface area contributed by atoms with Gasteiger partial charge in [-0.1, -0.05) is 19.1 Å². The van der Waals surface area contributed by atoms with Crippen LogP contribution < -0.4 is 14.9 Å². The first-order valence-electron chi connectivity index (χ1n) is 7.93. The Morgan fingerprint density at radius 2 is 1.96 bits per heavy atom. The molecule has 128 valence electrons. The van der Waals surface area contributed by atoms with Crippen molar-refractivity contribution >= 4 is 32.4 Å². The van der Waals surface area contributed by atoms with E-state index in [1.165, 1.54) is 0 Å². The van der Waals surface area contributed by atoms with E-state index in [-0.39, 0.29) is 16.8 Å². The zero-order chi connectivity index (χ0) is 17.5. The topological polar surface area (TPSA) is 78.5 Å². The lowest BCUT2D eigenvalue weighted by Crippen LogP contribution is -2.38. The van der Waals surface area contributed by atoms with Crippen LogP contribution in [0.2, 0.25) is 0 Å². The number of nitrogens with zero attached hydrogens (tertiary/aromatic N) is 1. The number of hydrogen-bond acceptors (Lipinski definition) is 4. The van der Waals surface area contributed by atoms with Crippen LogP contribution in [0.4, 0.5) is 5.69 Å². The van der Waals surface area contributed by atoms with E-state index >= 15 is 0 Å². The molecule has 0 spiro atoms.